The van der Waals surface area contributed by atoms with Gasteiger partial charge in [-0.1, -0.05) is 54.4 Å². The Balaban J connectivity index is 1.91. The summed E-state index contributed by atoms with van der Waals surface area (Å²) in [4.78, 5) is 33.7. The van der Waals surface area contributed by atoms with Crippen LogP contribution in [0.15, 0.2) is 56.2 Å². The maximum Gasteiger partial charge on any atom is 0.270 e. The topological polar surface area (TPSA) is 111 Å². The summed E-state index contributed by atoms with van der Waals surface area (Å²) in [6.45, 7) is 12.6. The molecule has 0 radical (unpaired) electrons. The first-order valence-corrected chi connectivity index (χ1v) is 14.4. The zero-order valence-electron chi connectivity index (χ0n) is 22.8. The summed E-state index contributed by atoms with van der Waals surface area (Å²) < 4.78 is -0.116. The molecule has 38 heavy (non-hydrogen) atoms. The van der Waals surface area contributed by atoms with Crippen molar-refractivity contribution < 1.29 is 9.85 Å². The highest BCUT2D eigenvalue weighted by atomic mass is 32.2. The molecule has 10 heteroatoms. The summed E-state index contributed by atoms with van der Waals surface area (Å²) in [5, 5.41) is 22.8. The Morgan fingerprint density at radius 2 is 1.11 bits per heavy atom. The van der Waals surface area contributed by atoms with Gasteiger partial charge in [0, 0.05) is 67.1 Å². The summed E-state index contributed by atoms with van der Waals surface area (Å²) in [7, 11) is 0. The van der Waals surface area contributed by atoms with Crippen LogP contribution in [0.2, 0.25) is 0 Å². The standard InChI is InChI=1S/C28H36N4O4S2/c1-27(2,3)37-25-13-11-21(31(33)34)15-19(25)17-29-23-9-7-8-10-24(23)30-18-20-16-22(32(35)36)12-14-26(20)38-28(4,5)6/h11-18,23-24H,7-10H2,1-6H3/b29-17+,30-18+. The number of nitro benzene ring substituents is 2. The van der Waals surface area contributed by atoms with Crippen LogP contribution in [0.4, 0.5) is 11.4 Å². The fraction of sp³-hybridized carbons (Fsp3) is 0.500. The van der Waals surface area contributed by atoms with Gasteiger partial charge in [0.15, 0.2) is 0 Å². The number of non-ortho nitro benzene ring substituents is 2. The molecule has 1 fully saturated rings. The molecule has 2 atom stereocenters. The normalized spacial score (nSPS) is 18.8. The lowest BCUT2D eigenvalue weighted by molar-refractivity contribution is -0.385. The van der Waals surface area contributed by atoms with Crippen LogP contribution in [0.1, 0.15) is 78.4 Å². The first-order chi connectivity index (χ1) is 17.7. The van der Waals surface area contributed by atoms with Crippen LogP contribution in [-0.2, 0) is 0 Å². The number of rotatable bonds is 8. The quantitative estimate of drug-likeness (QED) is 0.140. The Bertz CT molecular complexity index is 1140. The SMILES string of the molecule is CC(C)(C)Sc1ccc([N+](=O)[O-])cc1/C=N/C1CCCCC1/N=C/c1cc([N+](=O)[O-])ccc1SC(C)(C)C. The molecule has 1 aliphatic rings. The van der Waals surface area contributed by atoms with Gasteiger partial charge in [0.2, 0.25) is 0 Å². The van der Waals surface area contributed by atoms with Gasteiger partial charge >= 0.3 is 0 Å². The second-order valence-electron chi connectivity index (χ2n) is 11.4. The monoisotopic (exact) mass is 556 g/mol. The van der Waals surface area contributed by atoms with Crippen molar-refractivity contribution in [2.45, 2.75) is 98.6 Å². The van der Waals surface area contributed by atoms with Crippen molar-refractivity contribution in [1.29, 1.82) is 0 Å². The smallest absolute Gasteiger partial charge is 0.270 e. The minimum Gasteiger partial charge on any atom is -0.287 e. The molecule has 0 heterocycles. The molecule has 1 aliphatic carbocycles. The predicted octanol–water partition coefficient (Wildman–Crippen LogP) is 8.13. The average Bonchev–Trinajstić information content (AvgIpc) is 2.81. The molecule has 0 bridgehead atoms. The third-order valence-electron chi connectivity index (χ3n) is 5.74. The van der Waals surface area contributed by atoms with E-state index in [-0.39, 0.29) is 42.8 Å². The van der Waals surface area contributed by atoms with Gasteiger partial charge in [-0.15, -0.1) is 23.5 Å². The summed E-state index contributed by atoms with van der Waals surface area (Å²) in [6.07, 6.45) is 7.33. The van der Waals surface area contributed by atoms with Crippen molar-refractivity contribution in [2.75, 3.05) is 0 Å². The molecule has 3 rings (SSSR count). The van der Waals surface area contributed by atoms with E-state index in [1.807, 2.05) is 0 Å². The number of nitro groups is 2. The van der Waals surface area contributed by atoms with Crippen molar-refractivity contribution >= 4 is 47.3 Å². The third-order valence-corrected chi connectivity index (χ3v) is 8.15. The maximum absolute atomic E-state index is 11.4. The molecule has 1 saturated carbocycles. The second-order valence-corrected chi connectivity index (χ2v) is 15.1. The minimum atomic E-state index is -0.386. The number of hydrogen-bond donors (Lipinski definition) is 0. The highest BCUT2D eigenvalue weighted by Gasteiger charge is 2.25. The van der Waals surface area contributed by atoms with E-state index in [1.165, 1.54) is 12.1 Å². The summed E-state index contributed by atoms with van der Waals surface area (Å²) in [5.74, 6) is 0. The van der Waals surface area contributed by atoms with Crippen molar-refractivity contribution in [1.82, 2.24) is 0 Å². The Kier molecular flexibility index (Phi) is 9.75. The number of benzene rings is 2. The summed E-state index contributed by atoms with van der Waals surface area (Å²) in [6, 6.07) is 9.69. The van der Waals surface area contributed by atoms with Crippen molar-refractivity contribution in [3.63, 3.8) is 0 Å². The molecular weight excluding hydrogens is 520 g/mol. The van der Waals surface area contributed by atoms with Gasteiger partial charge in [-0.2, -0.15) is 0 Å². The second kappa shape index (κ2) is 12.4. The average molecular weight is 557 g/mol. The van der Waals surface area contributed by atoms with E-state index < -0.39 is 0 Å². The van der Waals surface area contributed by atoms with Crippen molar-refractivity contribution in [2.24, 2.45) is 9.98 Å². The van der Waals surface area contributed by atoms with Gasteiger partial charge < -0.3 is 0 Å². The Morgan fingerprint density at radius 3 is 1.42 bits per heavy atom. The van der Waals surface area contributed by atoms with Gasteiger partial charge in [-0.3, -0.25) is 30.2 Å². The predicted molar refractivity (Wildman–Crippen MR) is 159 cm³/mol. The van der Waals surface area contributed by atoms with E-state index in [4.69, 9.17) is 9.98 Å². The first-order valence-electron chi connectivity index (χ1n) is 12.7. The van der Waals surface area contributed by atoms with E-state index in [0.29, 0.717) is 0 Å². The highest BCUT2D eigenvalue weighted by molar-refractivity contribution is 8.01. The Labute approximate surface area is 233 Å². The van der Waals surface area contributed by atoms with Crippen LogP contribution in [0.5, 0.6) is 0 Å². The van der Waals surface area contributed by atoms with Crippen molar-refractivity contribution in [3.8, 4) is 0 Å². The molecule has 0 saturated heterocycles. The third kappa shape index (κ3) is 8.94. The number of aliphatic imine (C=N–C) groups is 2. The van der Waals surface area contributed by atoms with Gasteiger partial charge in [-0.25, -0.2) is 0 Å². The lowest BCUT2D eigenvalue weighted by Gasteiger charge is -2.26. The summed E-state index contributed by atoms with van der Waals surface area (Å²) >= 11 is 3.30. The first kappa shape index (κ1) is 29.8. The van der Waals surface area contributed by atoms with E-state index in [0.717, 1.165) is 46.6 Å². The summed E-state index contributed by atoms with van der Waals surface area (Å²) in [5.41, 5.74) is 1.54. The molecular formula is C28H36N4O4S2. The molecule has 0 amide bonds. The zero-order valence-corrected chi connectivity index (χ0v) is 24.5. The van der Waals surface area contributed by atoms with Gasteiger partial charge in [0.25, 0.3) is 11.4 Å². The molecule has 0 aromatic heterocycles. The highest BCUT2D eigenvalue weighted by Crippen LogP contribution is 2.37. The lowest BCUT2D eigenvalue weighted by atomic mass is 9.91. The van der Waals surface area contributed by atoms with E-state index in [1.54, 1.807) is 60.2 Å². The van der Waals surface area contributed by atoms with Crippen LogP contribution in [0.3, 0.4) is 0 Å². The molecule has 2 aromatic rings. The molecule has 204 valence electrons. The van der Waals surface area contributed by atoms with Crippen LogP contribution in [0.25, 0.3) is 0 Å². The molecule has 0 N–H and O–H groups in total. The van der Waals surface area contributed by atoms with E-state index >= 15 is 0 Å². The molecule has 0 spiro atoms. The van der Waals surface area contributed by atoms with Gasteiger partial charge in [-0.05, 0) is 25.0 Å². The number of hydrogen-bond acceptors (Lipinski definition) is 8. The maximum atomic E-state index is 11.4. The van der Waals surface area contributed by atoms with Crippen LogP contribution >= 0.6 is 23.5 Å². The Hall–Kier alpha value is -2.72. The van der Waals surface area contributed by atoms with Crippen LogP contribution in [0, 0.1) is 20.2 Å². The van der Waals surface area contributed by atoms with Gasteiger partial charge in [0.05, 0.1) is 21.9 Å². The fourth-order valence-corrected chi connectivity index (χ4v) is 6.19. The minimum absolute atomic E-state index is 0.0393. The molecule has 8 nitrogen and oxygen atoms in total. The molecule has 2 aromatic carbocycles. The van der Waals surface area contributed by atoms with E-state index in [9.17, 15) is 20.2 Å². The molecule has 2 unspecified atom stereocenters. The Morgan fingerprint density at radius 1 is 0.737 bits per heavy atom. The van der Waals surface area contributed by atoms with Crippen LogP contribution < -0.4 is 0 Å². The van der Waals surface area contributed by atoms with E-state index in [2.05, 4.69) is 41.5 Å². The number of nitrogens with zero attached hydrogens (tertiary/aromatic N) is 4. The van der Waals surface area contributed by atoms with Crippen LogP contribution in [-0.4, -0.2) is 43.9 Å². The van der Waals surface area contributed by atoms with Crippen molar-refractivity contribution in [3.05, 3.63) is 67.8 Å². The lowest BCUT2D eigenvalue weighted by Crippen LogP contribution is -2.27. The molecule has 0 aliphatic heterocycles. The number of thioether (sulfide) groups is 2. The largest absolute Gasteiger partial charge is 0.287 e. The zero-order chi connectivity index (χ0) is 28.1. The van der Waals surface area contributed by atoms with Gasteiger partial charge in [0.1, 0.15) is 0 Å². The fourth-order valence-electron chi connectivity index (χ4n) is 4.14.